The Morgan fingerprint density at radius 3 is 2.61 bits per heavy atom. The van der Waals surface area contributed by atoms with Gasteiger partial charge in [0.25, 0.3) is 5.89 Å². The van der Waals surface area contributed by atoms with E-state index < -0.39 is 29.2 Å². The summed E-state index contributed by atoms with van der Waals surface area (Å²) in [4.78, 5) is 29.1. The summed E-state index contributed by atoms with van der Waals surface area (Å²) in [6.07, 6.45) is -4.37. The number of nitrogens with zero attached hydrogens (tertiary/aromatic N) is 3. The number of nitrogens with one attached hydrogen (secondary N) is 1. The van der Waals surface area contributed by atoms with E-state index in [1.54, 1.807) is 6.92 Å². The molecule has 8 nitrogen and oxygen atoms in total. The van der Waals surface area contributed by atoms with Crippen LogP contribution in [0.3, 0.4) is 0 Å². The molecule has 1 aliphatic rings. The number of urea groups is 1. The SMILES string of the molecule is Cc1noc(-c2ccc(C(F)(F)F)cc2NC(=O)N2CCC(C)(C(=O)O)C2)n1. The van der Waals surface area contributed by atoms with Gasteiger partial charge in [0.15, 0.2) is 5.82 Å². The second-order valence-electron chi connectivity index (χ2n) is 6.87. The zero-order chi connectivity index (χ0) is 20.7. The molecule has 1 atom stereocenters. The van der Waals surface area contributed by atoms with Crippen LogP contribution in [0.5, 0.6) is 0 Å². The fourth-order valence-corrected chi connectivity index (χ4v) is 2.92. The summed E-state index contributed by atoms with van der Waals surface area (Å²) < 4.78 is 44.3. The van der Waals surface area contributed by atoms with Gasteiger partial charge in [-0.3, -0.25) is 4.79 Å². The molecule has 0 saturated carbocycles. The predicted octanol–water partition coefficient (Wildman–Crippen LogP) is 3.39. The molecule has 1 aromatic carbocycles. The maximum Gasteiger partial charge on any atom is 0.416 e. The van der Waals surface area contributed by atoms with Gasteiger partial charge >= 0.3 is 18.2 Å². The monoisotopic (exact) mass is 398 g/mol. The smallest absolute Gasteiger partial charge is 0.416 e. The van der Waals surface area contributed by atoms with E-state index in [9.17, 15) is 27.9 Å². The third kappa shape index (κ3) is 3.78. The first-order valence-corrected chi connectivity index (χ1v) is 8.31. The van der Waals surface area contributed by atoms with Crippen molar-refractivity contribution in [2.75, 3.05) is 18.4 Å². The highest BCUT2D eigenvalue weighted by Gasteiger charge is 2.42. The predicted molar refractivity (Wildman–Crippen MR) is 90.4 cm³/mol. The van der Waals surface area contributed by atoms with Gasteiger partial charge in [0.2, 0.25) is 0 Å². The highest BCUT2D eigenvalue weighted by Crippen LogP contribution is 2.36. The lowest BCUT2D eigenvalue weighted by Crippen LogP contribution is -2.37. The molecular weight excluding hydrogens is 381 g/mol. The van der Waals surface area contributed by atoms with Crippen LogP contribution in [0.4, 0.5) is 23.7 Å². The Balaban J connectivity index is 1.91. The van der Waals surface area contributed by atoms with Gasteiger partial charge < -0.3 is 19.8 Å². The first kappa shape index (κ1) is 19.6. The highest BCUT2D eigenvalue weighted by atomic mass is 19.4. The molecule has 2 aromatic rings. The number of likely N-dealkylation sites (tertiary alicyclic amines) is 1. The number of aromatic nitrogens is 2. The normalized spacial score (nSPS) is 19.7. The molecule has 1 saturated heterocycles. The number of carbonyl (C=O) groups excluding carboxylic acids is 1. The number of carboxylic acid groups (broad SMARTS) is 1. The zero-order valence-corrected chi connectivity index (χ0v) is 15.0. The van der Waals surface area contributed by atoms with Crippen molar-refractivity contribution >= 4 is 17.7 Å². The number of carbonyl (C=O) groups is 2. The van der Waals surface area contributed by atoms with E-state index in [4.69, 9.17) is 4.52 Å². The van der Waals surface area contributed by atoms with Crippen LogP contribution in [-0.4, -0.2) is 45.2 Å². The molecule has 2 N–H and O–H groups in total. The second kappa shape index (κ2) is 6.80. The van der Waals surface area contributed by atoms with Gasteiger partial charge in [-0.05, 0) is 38.5 Å². The lowest BCUT2D eigenvalue weighted by Gasteiger charge is -2.21. The number of benzene rings is 1. The van der Waals surface area contributed by atoms with Crippen LogP contribution in [0.15, 0.2) is 22.7 Å². The van der Waals surface area contributed by atoms with Gasteiger partial charge in [0, 0.05) is 13.1 Å². The molecule has 1 aliphatic heterocycles. The Kier molecular flexibility index (Phi) is 4.77. The van der Waals surface area contributed by atoms with Gasteiger partial charge in [-0.1, -0.05) is 5.16 Å². The maximum absolute atomic E-state index is 13.1. The molecule has 2 amide bonds. The van der Waals surface area contributed by atoms with E-state index in [0.717, 1.165) is 18.2 Å². The number of hydrogen-bond donors (Lipinski definition) is 2. The van der Waals surface area contributed by atoms with Gasteiger partial charge in [0.1, 0.15) is 0 Å². The van der Waals surface area contributed by atoms with Crippen LogP contribution in [0.2, 0.25) is 0 Å². The Morgan fingerprint density at radius 1 is 1.36 bits per heavy atom. The van der Waals surface area contributed by atoms with Crippen LogP contribution in [-0.2, 0) is 11.0 Å². The third-order valence-electron chi connectivity index (χ3n) is 4.62. The van der Waals surface area contributed by atoms with Crippen molar-refractivity contribution in [1.82, 2.24) is 15.0 Å². The molecule has 28 heavy (non-hydrogen) atoms. The van der Waals surface area contributed by atoms with E-state index in [-0.39, 0.29) is 42.5 Å². The van der Waals surface area contributed by atoms with E-state index in [1.807, 2.05) is 0 Å². The van der Waals surface area contributed by atoms with Crippen molar-refractivity contribution in [3.8, 4) is 11.5 Å². The molecule has 0 spiro atoms. The third-order valence-corrected chi connectivity index (χ3v) is 4.62. The molecule has 3 rings (SSSR count). The molecule has 1 fully saturated rings. The maximum atomic E-state index is 13.1. The standard InChI is InChI=1S/C17H17F3N4O4/c1-9-21-13(28-23-9)11-4-3-10(17(18,19)20)7-12(11)22-15(27)24-6-5-16(2,8-24)14(25)26/h3-4,7H,5-6,8H2,1-2H3,(H,22,27)(H,25,26). The molecule has 11 heteroatoms. The molecular formula is C17H17F3N4O4. The lowest BCUT2D eigenvalue weighted by molar-refractivity contribution is -0.147. The summed E-state index contributed by atoms with van der Waals surface area (Å²) in [6, 6.07) is 2.06. The number of alkyl halides is 3. The number of hydrogen-bond acceptors (Lipinski definition) is 5. The summed E-state index contributed by atoms with van der Waals surface area (Å²) in [6.45, 7) is 3.18. The fourth-order valence-electron chi connectivity index (χ4n) is 2.92. The van der Waals surface area contributed by atoms with E-state index >= 15 is 0 Å². The number of amides is 2. The minimum atomic E-state index is -4.61. The van der Waals surface area contributed by atoms with E-state index in [1.165, 1.54) is 11.8 Å². The molecule has 150 valence electrons. The summed E-state index contributed by atoms with van der Waals surface area (Å²) in [5.74, 6) is -0.800. The summed E-state index contributed by atoms with van der Waals surface area (Å²) in [7, 11) is 0. The largest absolute Gasteiger partial charge is 0.481 e. The Labute approximate surface area is 157 Å². The van der Waals surface area contributed by atoms with Crippen LogP contribution in [0.25, 0.3) is 11.5 Å². The van der Waals surface area contributed by atoms with Crippen LogP contribution >= 0.6 is 0 Å². The number of anilines is 1. The second-order valence-corrected chi connectivity index (χ2v) is 6.87. The summed E-state index contributed by atoms with van der Waals surface area (Å²) in [5, 5.41) is 15.3. The fraction of sp³-hybridized carbons (Fsp3) is 0.412. The number of halogens is 3. The first-order valence-electron chi connectivity index (χ1n) is 8.31. The average molecular weight is 398 g/mol. The number of aliphatic carboxylic acids is 1. The molecule has 0 bridgehead atoms. The van der Waals surface area contributed by atoms with Crippen LogP contribution in [0.1, 0.15) is 24.7 Å². The molecule has 1 aromatic heterocycles. The lowest BCUT2D eigenvalue weighted by atomic mass is 9.90. The summed E-state index contributed by atoms with van der Waals surface area (Å²) in [5.41, 5.74) is -2.09. The van der Waals surface area contributed by atoms with Gasteiger partial charge in [-0.25, -0.2) is 4.79 Å². The number of carboxylic acids is 1. The Morgan fingerprint density at radius 2 is 2.07 bits per heavy atom. The van der Waals surface area contributed by atoms with Gasteiger partial charge in [-0.2, -0.15) is 18.2 Å². The molecule has 0 aliphatic carbocycles. The topological polar surface area (TPSA) is 109 Å². The Hall–Kier alpha value is -3.11. The summed E-state index contributed by atoms with van der Waals surface area (Å²) >= 11 is 0. The van der Waals surface area contributed by atoms with Crippen molar-refractivity contribution in [3.63, 3.8) is 0 Å². The Bertz CT molecular complexity index is 927. The number of rotatable bonds is 3. The van der Waals surface area contributed by atoms with Gasteiger partial charge in [-0.15, -0.1) is 0 Å². The van der Waals surface area contributed by atoms with E-state index in [2.05, 4.69) is 15.5 Å². The minimum absolute atomic E-state index is 0.0432. The van der Waals surface area contributed by atoms with Crippen molar-refractivity contribution in [3.05, 3.63) is 29.6 Å². The van der Waals surface area contributed by atoms with E-state index in [0.29, 0.717) is 0 Å². The quantitative estimate of drug-likeness (QED) is 0.820. The minimum Gasteiger partial charge on any atom is -0.481 e. The van der Waals surface area contributed by atoms with Gasteiger partial charge in [0.05, 0.1) is 22.2 Å². The molecule has 0 radical (unpaired) electrons. The van der Waals surface area contributed by atoms with Crippen LogP contribution in [0, 0.1) is 12.3 Å². The molecule has 1 unspecified atom stereocenters. The zero-order valence-electron chi connectivity index (χ0n) is 15.0. The van der Waals surface area contributed by atoms with Crippen molar-refractivity contribution in [1.29, 1.82) is 0 Å². The van der Waals surface area contributed by atoms with Crippen LogP contribution < -0.4 is 5.32 Å². The van der Waals surface area contributed by atoms with Crippen molar-refractivity contribution < 1.29 is 32.4 Å². The average Bonchev–Trinajstić information content (AvgIpc) is 3.21. The van der Waals surface area contributed by atoms with Crippen molar-refractivity contribution in [2.45, 2.75) is 26.4 Å². The highest BCUT2D eigenvalue weighted by molar-refractivity contribution is 5.94. The van der Waals surface area contributed by atoms with Crippen molar-refractivity contribution in [2.24, 2.45) is 5.41 Å². The number of aryl methyl sites for hydroxylation is 1. The first-order chi connectivity index (χ1) is 13.0. The molecule has 2 heterocycles.